The van der Waals surface area contributed by atoms with Gasteiger partial charge in [0.05, 0.1) is 0 Å². The molecule has 1 N–H and O–H groups in total. The van der Waals surface area contributed by atoms with E-state index in [9.17, 15) is 9.59 Å². The van der Waals surface area contributed by atoms with Gasteiger partial charge >= 0.3 is 0 Å². The third-order valence-electron chi connectivity index (χ3n) is 5.90. The van der Waals surface area contributed by atoms with Gasteiger partial charge in [-0.25, -0.2) is 0 Å². The van der Waals surface area contributed by atoms with Gasteiger partial charge in [-0.1, -0.05) is 0 Å². The molecule has 1 aromatic heterocycles. The number of hydrogen-bond donors (Lipinski definition) is 1. The van der Waals surface area contributed by atoms with E-state index in [-0.39, 0.29) is 17.9 Å². The molecule has 0 bridgehead atoms. The highest BCUT2D eigenvalue weighted by atomic mass is 16.2. The summed E-state index contributed by atoms with van der Waals surface area (Å²) in [6.45, 7) is 5.98. The van der Waals surface area contributed by atoms with Crippen molar-refractivity contribution in [3.8, 4) is 0 Å². The van der Waals surface area contributed by atoms with Crippen molar-refractivity contribution in [1.29, 1.82) is 0 Å². The van der Waals surface area contributed by atoms with Crippen LogP contribution in [0.5, 0.6) is 0 Å². The van der Waals surface area contributed by atoms with Crippen LogP contribution in [0.3, 0.4) is 0 Å². The molecule has 2 heterocycles. The van der Waals surface area contributed by atoms with Crippen LogP contribution in [0.2, 0.25) is 0 Å². The van der Waals surface area contributed by atoms with Gasteiger partial charge in [0.25, 0.3) is 0 Å². The molecule has 2 aliphatic rings. The molecular weight excluding hydrogens is 340 g/mol. The number of rotatable bonds is 8. The molecule has 1 aliphatic carbocycles. The topological polar surface area (TPSA) is 65.5 Å². The summed E-state index contributed by atoms with van der Waals surface area (Å²) in [5.41, 5.74) is 2.26. The molecule has 1 aromatic rings. The molecule has 2 atom stereocenters. The van der Waals surface area contributed by atoms with Crippen LogP contribution >= 0.6 is 0 Å². The fourth-order valence-corrected chi connectivity index (χ4v) is 3.99. The van der Waals surface area contributed by atoms with E-state index >= 15 is 0 Å². The molecule has 0 spiro atoms. The van der Waals surface area contributed by atoms with Gasteiger partial charge in [0, 0.05) is 64.5 Å². The SMILES string of the molecule is CC(=O)NC[C@H]1CC[C@@H](CC(=O)N(C)Cc2ccncc2C)N1CC1CC1. The predicted molar refractivity (Wildman–Crippen MR) is 105 cm³/mol. The number of pyridine rings is 1. The molecule has 0 aromatic carbocycles. The second-order valence-electron chi connectivity index (χ2n) is 8.22. The van der Waals surface area contributed by atoms with Gasteiger partial charge in [-0.3, -0.25) is 19.5 Å². The van der Waals surface area contributed by atoms with E-state index < -0.39 is 0 Å². The summed E-state index contributed by atoms with van der Waals surface area (Å²) in [4.78, 5) is 32.6. The first-order chi connectivity index (χ1) is 12.9. The number of nitrogens with one attached hydrogen (secondary N) is 1. The number of aryl methyl sites for hydroxylation is 1. The van der Waals surface area contributed by atoms with Crippen LogP contribution < -0.4 is 5.32 Å². The Kier molecular flexibility index (Phi) is 6.47. The number of nitrogens with zero attached hydrogens (tertiary/aromatic N) is 3. The predicted octanol–water partition coefficient (Wildman–Crippen LogP) is 2.12. The van der Waals surface area contributed by atoms with Crippen LogP contribution in [0.25, 0.3) is 0 Å². The van der Waals surface area contributed by atoms with Crippen LogP contribution in [-0.2, 0) is 16.1 Å². The fourth-order valence-electron chi connectivity index (χ4n) is 3.99. The summed E-state index contributed by atoms with van der Waals surface area (Å²) >= 11 is 0. The van der Waals surface area contributed by atoms with E-state index in [4.69, 9.17) is 0 Å². The van der Waals surface area contributed by atoms with E-state index in [1.165, 1.54) is 12.8 Å². The molecule has 6 heteroatoms. The molecular formula is C21H32N4O2. The summed E-state index contributed by atoms with van der Waals surface area (Å²) in [6, 6.07) is 2.63. The Hall–Kier alpha value is -1.95. The first kappa shape index (κ1) is 19.8. The first-order valence-corrected chi connectivity index (χ1v) is 10.1. The summed E-state index contributed by atoms with van der Waals surface area (Å²) in [5, 5.41) is 2.96. The minimum absolute atomic E-state index is 0.0216. The maximum Gasteiger partial charge on any atom is 0.224 e. The standard InChI is InChI=1S/C21H32N4O2/c1-15-11-22-9-8-18(15)14-24(3)21(27)10-19-6-7-20(12-23-16(2)26)25(19)13-17-4-5-17/h8-9,11,17,19-20H,4-7,10,12-14H2,1-3H3,(H,23,26)/t19-,20+/m0/s1. The fraction of sp³-hybridized carbons (Fsp3) is 0.667. The largest absolute Gasteiger partial charge is 0.355 e. The lowest BCUT2D eigenvalue weighted by Gasteiger charge is -2.31. The van der Waals surface area contributed by atoms with Crippen molar-refractivity contribution in [2.24, 2.45) is 5.92 Å². The lowest BCUT2D eigenvalue weighted by atomic mass is 10.1. The van der Waals surface area contributed by atoms with Gasteiger partial charge in [0.2, 0.25) is 11.8 Å². The molecule has 6 nitrogen and oxygen atoms in total. The van der Waals surface area contributed by atoms with E-state index in [0.717, 1.165) is 36.4 Å². The second-order valence-corrected chi connectivity index (χ2v) is 8.22. The number of carbonyl (C=O) groups excluding carboxylic acids is 2. The summed E-state index contributed by atoms with van der Waals surface area (Å²) in [5.74, 6) is 0.989. The molecule has 1 saturated heterocycles. The maximum absolute atomic E-state index is 12.8. The van der Waals surface area contributed by atoms with Gasteiger partial charge in [-0.2, -0.15) is 0 Å². The third-order valence-corrected chi connectivity index (χ3v) is 5.90. The highest BCUT2D eigenvalue weighted by Gasteiger charge is 2.38. The van der Waals surface area contributed by atoms with E-state index in [1.54, 1.807) is 13.1 Å². The molecule has 2 amide bonds. The highest BCUT2D eigenvalue weighted by molar-refractivity contribution is 5.76. The Morgan fingerprint density at radius 3 is 2.67 bits per heavy atom. The average molecular weight is 373 g/mol. The zero-order chi connectivity index (χ0) is 19.4. The number of carbonyl (C=O) groups is 2. The molecule has 1 saturated carbocycles. The van der Waals surface area contributed by atoms with Gasteiger partial charge in [-0.15, -0.1) is 0 Å². The summed E-state index contributed by atoms with van der Waals surface area (Å²) in [7, 11) is 1.89. The van der Waals surface area contributed by atoms with Crippen molar-refractivity contribution in [3.63, 3.8) is 0 Å². The zero-order valence-corrected chi connectivity index (χ0v) is 16.8. The summed E-state index contributed by atoms with van der Waals surface area (Å²) < 4.78 is 0. The smallest absolute Gasteiger partial charge is 0.224 e. The number of aromatic nitrogens is 1. The van der Waals surface area contributed by atoms with Crippen LogP contribution in [0.1, 0.15) is 50.2 Å². The van der Waals surface area contributed by atoms with Crippen molar-refractivity contribution >= 4 is 11.8 Å². The molecule has 3 rings (SSSR count). The first-order valence-electron chi connectivity index (χ1n) is 10.1. The minimum atomic E-state index is 0.0216. The van der Waals surface area contributed by atoms with Crippen molar-refractivity contribution in [2.45, 2.75) is 64.6 Å². The van der Waals surface area contributed by atoms with Crippen LogP contribution in [0.4, 0.5) is 0 Å². The van der Waals surface area contributed by atoms with Crippen LogP contribution in [0.15, 0.2) is 18.5 Å². The lowest BCUT2D eigenvalue weighted by Crippen LogP contribution is -2.45. The quantitative estimate of drug-likeness (QED) is 0.759. The molecule has 148 valence electrons. The molecule has 0 radical (unpaired) electrons. The Bertz CT molecular complexity index is 674. The number of hydrogen-bond acceptors (Lipinski definition) is 4. The van der Waals surface area contributed by atoms with Crippen molar-refractivity contribution in [1.82, 2.24) is 20.1 Å². The van der Waals surface area contributed by atoms with Gasteiger partial charge in [0.15, 0.2) is 0 Å². The maximum atomic E-state index is 12.8. The third kappa shape index (κ3) is 5.51. The lowest BCUT2D eigenvalue weighted by molar-refractivity contribution is -0.131. The second kappa shape index (κ2) is 8.83. The number of likely N-dealkylation sites (tertiary alicyclic amines) is 1. The van der Waals surface area contributed by atoms with E-state index in [2.05, 4.69) is 15.2 Å². The minimum Gasteiger partial charge on any atom is -0.355 e. The van der Waals surface area contributed by atoms with Crippen molar-refractivity contribution in [2.75, 3.05) is 20.1 Å². The zero-order valence-electron chi connectivity index (χ0n) is 16.8. The normalized spacial score (nSPS) is 22.6. The average Bonchev–Trinajstić information content (AvgIpc) is 3.37. The molecule has 1 aliphatic heterocycles. The van der Waals surface area contributed by atoms with Crippen LogP contribution in [0, 0.1) is 12.8 Å². The Labute approximate surface area is 162 Å². The molecule has 0 unspecified atom stereocenters. The molecule has 2 fully saturated rings. The van der Waals surface area contributed by atoms with Gasteiger partial charge in [0.1, 0.15) is 0 Å². The van der Waals surface area contributed by atoms with Gasteiger partial charge < -0.3 is 10.2 Å². The molecule has 27 heavy (non-hydrogen) atoms. The van der Waals surface area contributed by atoms with Gasteiger partial charge in [-0.05, 0) is 55.7 Å². The van der Waals surface area contributed by atoms with E-state index in [0.29, 0.717) is 25.6 Å². The van der Waals surface area contributed by atoms with E-state index in [1.807, 2.05) is 31.1 Å². The Morgan fingerprint density at radius 1 is 1.26 bits per heavy atom. The number of amides is 2. The highest BCUT2D eigenvalue weighted by Crippen LogP contribution is 2.35. The van der Waals surface area contributed by atoms with Crippen molar-refractivity contribution < 1.29 is 9.59 Å². The Morgan fingerprint density at radius 2 is 2.00 bits per heavy atom. The monoisotopic (exact) mass is 372 g/mol. The van der Waals surface area contributed by atoms with Crippen molar-refractivity contribution in [3.05, 3.63) is 29.6 Å². The summed E-state index contributed by atoms with van der Waals surface area (Å²) in [6.07, 6.45) is 8.86. The Balaban J connectivity index is 1.57. The van der Waals surface area contributed by atoms with Crippen LogP contribution in [-0.4, -0.2) is 58.8 Å².